The number of hydrogen-bond acceptors (Lipinski definition) is 3. The maximum absolute atomic E-state index is 4.51. The van der Waals surface area contributed by atoms with E-state index in [1.165, 1.54) is 12.8 Å². The Morgan fingerprint density at radius 2 is 2.31 bits per heavy atom. The Kier molecular flexibility index (Phi) is 5.74. The molecule has 0 spiro atoms. The van der Waals surface area contributed by atoms with Gasteiger partial charge in [-0.05, 0) is 19.6 Å². The SMILES string of the molecule is CCCCNc1nc(C)cn1CC(C)SC. The Hall–Kier alpha value is -0.640. The monoisotopic (exact) mass is 241 g/mol. The first-order chi connectivity index (χ1) is 7.67. The highest BCUT2D eigenvalue weighted by Gasteiger charge is 2.07. The number of unbranched alkanes of at least 4 members (excludes halogenated alkanes) is 1. The van der Waals surface area contributed by atoms with Crippen molar-refractivity contribution in [2.75, 3.05) is 18.1 Å². The second kappa shape index (κ2) is 6.84. The normalized spacial score (nSPS) is 12.8. The van der Waals surface area contributed by atoms with Gasteiger partial charge in [-0.15, -0.1) is 0 Å². The predicted octanol–water partition coefficient (Wildman–Crippen LogP) is 3.16. The van der Waals surface area contributed by atoms with Crippen LogP contribution in [0.3, 0.4) is 0 Å². The molecule has 16 heavy (non-hydrogen) atoms. The molecule has 4 heteroatoms. The molecule has 1 N–H and O–H groups in total. The molecule has 0 amide bonds. The Morgan fingerprint density at radius 1 is 1.56 bits per heavy atom. The number of aromatic nitrogens is 2. The van der Waals surface area contributed by atoms with E-state index in [1.54, 1.807) is 0 Å². The molecule has 1 heterocycles. The Morgan fingerprint density at radius 3 is 2.94 bits per heavy atom. The smallest absolute Gasteiger partial charge is 0.203 e. The zero-order valence-electron chi connectivity index (χ0n) is 10.8. The van der Waals surface area contributed by atoms with Gasteiger partial charge in [0.25, 0.3) is 0 Å². The van der Waals surface area contributed by atoms with Gasteiger partial charge in [-0.2, -0.15) is 11.8 Å². The molecule has 3 nitrogen and oxygen atoms in total. The lowest BCUT2D eigenvalue weighted by molar-refractivity contribution is 0.691. The molecule has 0 saturated heterocycles. The minimum absolute atomic E-state index is 0.625. The number of nitrogens with one attached hydrogen (secondary N) is 1. The van der Waals surface area contributed by atoms with Crippen molar-refractivity contribution in [1.82, 2.24) is 9.55 Å². The average molecular weight is 241 g/mol. The van der Waals surface area contributed by atoms with Crippen molar-refractivity contribution in [1.29, 1.82) is 0 Å². The third-order valence-corrected chi connectivity index (χ3v) is 3.52. The number of imidazole rings is 1. The molecule has 1 atom stereocenters. The molecule has 0 aliphatic carbocycles. The van der Waals surface area contributed by atoms with Crippen molar-refractivity contribution in [3.63, 3.8) is 0 Å². The van der Waals surface area contributed by atoms with E-state index in [1.807, 2.05) is 18.7 Å². The number of nitrogens with zero attached hydrogens (tertiary/aromatic N) is 2. The van der Waals surface area contributed by atoms with Crippen LogP contribution in [0.1, 0.15) is 32.4 Å². The largest absolute Gasteiger partial charge is 0.356 e. The van der Waals surface area contributed by atoms with Crippen molar-refractivity contribution in [3.8, 4) is 0 Å². The number of hydrogen-bond donors (Lipinski definition) is 1. The van der Waals surface area contributed by atoms with Gasteiger partial charge in [0.2, 0.25) is 5.95 Å². The minimum atomic E-state index is 0.625. The summed E-state index contributed by atoms with van der Waals surface area (Å²) in [4.78, 5) is 4.51. The lowest BCUT2D eigenvalue weighted by Crippen LogP contribution is -2.13. The van der Waals surface area contributed by atoms with E-state index in [9.17, 15) is 0 Å². The molecule has 1 rings (SSSR count). The maximum atomic E-state index is 4.51. The fourth-order valence-electron chi connectivity index (χ4n) is 1.56. The topological polar surface area (TPSA) is 29.9 Å². The number of aryl methyl sites for hydroxylation is 1. The van der Waals surface area contributed by atoms with Gasteiger partial charge in [-0.25, -0.2) is 4.98 Å². The zero-order valence-corrected chi connectivity index (χ0v) is 11.6. The molecular formula is C12H23N3S. The summed E-state index contributed by atoms with van der Waals surface area (Å²) in [6.45, 7) is 8.54. The van der Waals surface area contributed by atoms with Crippen molar-refractivity contribution < 1.29 is 0 Å². The first-order valence-electron chi connectivity index (χ1n) is 5.97. The predicted molar refractivity (Wildman–Crippen MR) is 73.3 cm³/mol. The van der Waals surface area contributed by atoms with E-state index < -0.39 is 0 Å². The summed E-state index contributed by atoms with van der Waals surface area (Å²) in [7, 11) is 0. The van der Waals surface area contributed by atoms with Gasteiger partial charge >= 0.3 is 0 Å². The van der Waals surface area contributed by atoms with Crippen LogP contribution >= 0.6 is 11.8 Å². The van der Waals surface area contributed by atoms with Gasteiger partial charge in [0.1, 0.15) is 0 Å². The fraction of sp³-hybridized carbons (Fsp3) is 0.750. The van der Waals surface area contributed by atoms with Crippen LogP contribution in [0.5, 0.6) is 0 Å². The first kappa shape index (κ1) is 13.4. The summed E-state index contributed by atoms with van der Waals surface area (Å²) >= 11 is 1.89. The molecule has 0 saturated carbocycles. The third-order valence-electron chi connectivity index (χ3n) is 2.57. The van der Waals surface area contributed by atoms with Crippen molar-refractivity contribution >= 4 is 17.7 Å². The molecule has 1 aromatic heterocycles. The van der Waals surface area contributed by atoms with E-state index in [2.05, 4.69) is 41.2 Å². The molecule has 0 aromatic carbocycles. The van der Waals surface area contributed by atoms with Crippen LogP contribution in [-0.4, -0.2) is 27.6 Å². The zero-order chi connectivity index (χ0) is 12.0. The van der Waals surface area contributed by atoms with E-state index in [0.717, 1.165) is 24.7 Å². The van der Waals surface area contributed by atoms with Crippen LogP contribution in [0.2, 0.25) is 0 Å². The fourth-order valence-corrected chi connectivity index (χ4v) is 1.87. The van der Waals surface area contributed by atoms with Gasteiger partial charge in [-0.3, -0.25) is 0 Å². The van der Waals surface area contributed by atoms with Gasteiger partial charge < -0.3 is 9.88 Å². The van der Waals surface area contributed by atoms with Crippen LogP contribution in [0.15, 0.2) is 6.20 Å². The summed E-state index contributed by atoms with van der Waals surface area (Å²) in [6.07, 6.45) is 6.69. The minimum Gasteiger partial charge on any atom is -0.356 e. The highest BCUT2D eigenvalue weighted by Crippen LogP contribution is 2.14. The molecule has 0 bridgehead atoms. The van der Waals surface area contributed by atoms with E-state index in [4.69, 9.17) is 0 Å². The van der Waals surface area contributed by atoms with Crippen molar-refractivity contribution in [2.45, 2.75) is 45.4 Å². The molecule has 0 aliphatic heterocycles. The summed E-state index contributed by atoms with van der Waals surface area (Å²) in [5.74, 6) is 1.02. The van der Waals surface area contributed by atoms with Gasteiger partial charge in [-0.1, -0.05) is 20.3 Å². The number of thioether (sulfide) groups is 1. The standard InChI is InChI=1S/C12H23N3S/c1-5-6-7-13-12-14-10(2)8-15(12)9-11(3)16-4/h8,11H,5-7,9H2,1-4H3,(H,13,14). The Bertz CT molecular complexity index is 309. The highest BCUT2D eigenvalue weighted by molar-refractivity contribution is 7.99. The summed E-state index contributed by atoms with van der Waals surface area (Å²) in [6, 6.07) is 0. The van der Waals surface area contributed by atoms with Crippen molar-refractivity contribution in [2.24, 2.45) is 0 Å². The lowest BCUT2D eigenvalue weighted by Gasteiger charge is -2.12. The van der Waals surface area contributed by atoms with E-state index in [-0.39, 0.29) is 0 Å². The van der Waals surface area contributed by atoms with E-state index >= 15 is 0 Å². The maximum Gasteiger partial charge on any atom is 0.203 e. The molecule has 1 unspecified atom stereocenters. The Labute approximate surface area is 103 Å². The van der Waals surface area contributed by atoms with Crippen LogP contribution in [0.25, 0.3) is 0 Å². The summed E-state index contributed by atoms with van der Waals surface area (Å²) in [5.41, 5.74) is 1.09. The molecule has 92 valence electrons. The second-order valence-corrected chi connectivity index (χ2v) is 5.46. The molecular weight excluding hydrogens is 218 g/mol. The molecule has 0 fully saturated rings. The third kappa shape index (κ3) is 4.08. The van der Waals surface area contributed by atoms with Crippen LogP contribution in [0.4, 0.5) is 5.95 Å². The summed E-state index contributed by atoms with van der Waals surface area (Å²) < 4.78 is 2.23. The van der Waals surface area contributed by atoms with Crippen LogP contribution < -0.4 is 5.32 Å². The summed E-state index contributed by atoms with van der Waals surface area (Å²) in [5, 5.41) is 4.03. The average Bonchev–Trinajstić information content (AvgIpc) is 2.59. The number of anilines is 1. The second-order valence-electron chi connectivity index (χ2n) is 4.18. The van der Waals surface area contributed by atoms with Crippen LogP contribution in [-0.2, 0) is 6.54 Å². The van der Waals surface area contributed by atoms with Gasteiger partial charge in [0, 0.05) is 24.5 Å². The quantitative estimate of drug-likeness (QED) is 0.744. The lowest BCUT2D eigenvalue weighted by atomic mass is 10.3. The van der Waals surface area contributed by atoms with Gasteiger partial charge in [0.15, 0.2) is 0 Å². The van der Waals surface area contributed by atoms with Crippen LogP contribution in [0, 0.1) is 6.92 Å². The highest BCUT2D eigenvalue weighted by atomic mass is 32.2. The Balaban J connectivity index is 2.60. The molecule has 1 aromatic rings. The molecule has 0 aliphatic rings. The first-order valence-corrected chi connectivity index (χ1v) is 7.26. The van der Waals surface area contributed by atoms with Crippen molar-refractivity contribution in [3.05, 3.63) is 11.9 Å². The van der Waals surface area contributed by atoms with E-state index in [0.29, 0.717) is 5.25 Å². The van der Waals surface area contributed by atoms with Gasteiger partial charge in [0.05, 0.1) is 5.69 Å². The molecule has 0 radical (unpaired) electrons. The number of rotatable bonds is 7.